The molecule has 0 atom stereocenters. The molecule has 1 fully saturated rings. The van der Waals surface area contributed by atoms with Gasteiger partial charge in [-0.15, -0.1) is 10.2 Å². The zero-order valence-corrected chi connectivity index (χ0v) is 13.9. The van der Waals surface area contributed by atoms with E-state index in [2.05, 4.69) is 38.4 Å². The summed E-state index contributed by atoms with van der Waals surface area (Å²) >= 11 is 1.58. The van der Waals surface area contributed by atoms with Crippen LogP contribution in [0.3, 0.4) is 0 Å². The first-order valence-corrected chi connectivity index (χ1v) is 8.62. The van der Waals surface area contributed by atoms with Crippen molar-refractivity contribution in [2.75, 3.05) is 12.4 Å². The first kappa shape index (κ1) is 15.4. The number of hydrogen-bond donors (Lipinski definition) is 2. The van der Waals surface area contributed by atoms with Crippen LogP contribution in [-0.2, 0) is 0 Å². The van der Waals surface area contributed by atoms with Gasteiger partial charge in [0, 0.05) is 23.5 Å². The van der Waals surface area contributed by atoms with E-state index in [0.29, 0.717) is 17.8 Å². The Morgan fingerprint density at radius 1 is 1.18 bits per heavy atom. The zero-order valence-electron chi connectivity index (χ0n) is 13.1. The van der Waals surface area contributed by atoms with Crippen molar-refractivity contribution >= 4 is 17.6 Å². The number of nitrogens with zero attached hydrogens (tertiary/aromatic N) is 2. The van der Waals surface area contributed by atoms with Crippen molar-refractivity contribution in [2.45, 2.75) is 50.0 Å². The van der Waals surface area contributed by atoms with Crippen LogP contribution in [0.1, 0.15) is 38.0 Å². The summed E-state index contributed by atoms with van der Waals surface area (Å²) in [5, 5.41) is 11.8. The summed E-state index contributed by atoms with van der Waals surface area (Å²) in [5.41, 5.74) is 2.06. The zero-order chi connectivity index (χ0) is 15.4. The molecule has 5 nitrogen and oxygen atoms in total. The van der Waals surface area contributed by atoms with Gasteiger partial charge in [0.25, 0.3) is 0 Å². The average Bonchev–Trinajstić information content (AvgIpc) is 2.96. The Morgan fingerprint density at radius 3 is 2.68 bits per heavy atom. The molecule has 1 aliphatic rings. The van der Waals surface area contributed by atoms with Crippen molar-refractivity contribution in [1.82, 2.24) is 14.9 Å². The molecule has 0 spiro atoms. The van der Waals surface area contributed by atoms with E-state index in [1.807, 2.05) is 14.0 Å². The average molecular weight is 318 g/mol. The maximum atomic E-state index is 5.64. The molecule has 2 aromatic rings. The second kappa shape index (κ2) is 7.15. The molecule has 0 unspecified atom stereocenters. The Balaban J connectivity index is 1.89. The summed E-state index contributed by atoms with van der Waals surface area (Å²) in [4.78, 5) is 1.13. The van der Waals surface area contributed by atoms with Gasteiger partial charge < -0.3 is 9.73 Å². The third-order valence-corrected chi connectivity index (χ3v) is 4.63. The predicted octanol–water partition coefficient (Wildman–Crippen LogP) is 4.02. The van der Waals surface area contributed by atoms with Crippen molar-refractivity contribution < 1.29 is 4.42 Å². The number of aromatic nitrogens is 2. The van der Waals surface area contributed by atoms with E-state index >= 15 is 0 Å². The molecule has 1 aliphatic carbocycles. The minimum absolute atomic E-state index is 0.541. The highest BCUT2D eigenvalue weighted by Crippen LogP contribution is 2.33. The van der Waals surface area contributed by atoms with Crippen LogP contribution in [0.15, 0.2) is 27.5 Å². The van der Waals surface area contributed by atoms with Gasteiger partial charge in [-0.25, -0.2) is 0 Å². The van der Waals surface area contributed by atoms with E-state index in [0.717, 1.165) is 16.1 Å². The summed E-state index contributed by atoms with van der Waals surface area (Å²) in [6.07, 6.45) is 6.43. The molecule has 1 aromatic carbocycles. The van der Waals surface area contributed by atoms with Crippen molar-refractivity contribution in [2.24, 2.45) is 0 Å². The highest BCUT2D eigenvalue weighted by molar-refractivity contribution is 7.97. The minimum Gasteiger partial charge on any atom is -0.421 e. The van der Waals surface area contributed by atoms with Gasteiger partial charge in [0.15, 0.2) is 0 Å². The maximum absolute atomic E-state index is 5.64. The van der Waals surface area contributed by atoms with Gasteiger partial charge in [-0.3, -0.25) is 4.72 Å². The number of nitrogens with one attached hydrogen (secondary N) is 2. The monoisotopic (exact) mass is 318 g/mol. The van der Waals surface area contributed by atoms with Gasteiger partial charge in [0.2, 0.25) is 11.8 Å². The van der Waals surface area contributed by atoms with Crippen molar-refractivity contribution in [3.8, 4) is 11.5 Å². The van der Waals surface area contributed by atoms with E-state index in [4.69, 9.17) is 4.42 Å². The fraction of sp³-hybridized carbons (Fsp3) is 0.500. The van der Waals surface area contributed by atoms with Crippen LogP contribution >= 0.6 is 11.9 Å². The summed E-state index contributed by atoms with van der Waals surface area (Å²) in [5.74, 6) is 1.17. The largest absolute Gasteiger partial charge is 0.421 e. The summed E-state index contributed by atoms with van der Waals surface area (Å²) < 4.78 is 8.74. The molecular weight excluding hydrogens is 296 g/mol. The normalized spacial score (nSPS) is 15.9. The van der Waals surface area contributed by atoms with Crippen molar-refractivity contribution in [3.05, 3.63) is 24.1 Å². The van der Waals surface area contributed by atoms with Gasteiger partial charge in [0.1, 0.15) is 0 Å². The molecule has 0 saturated heterocycles. The lowest BCUT2D eigenvalue weighted by molar-refractivity contribution is 0.462. The van der Waals surface area contributed by atoms with Crippen LogP contribution in [0.2, 0.25) is 0 Å². The number of rotatable bonds is 5. The van der Waals surface area contributed by atoms with E-state index in [-0.39, 0.29) is 0 Å². The first-order valence-electron chi connectivity index (χ1n) is 7.81. The fourth-order valence-electron chi connectivity index (χ4n) is 2.88. The molecule has 118 valence electrons. The lowest BCUT2D eigenvalue weighted by Gasteiger charge is -2.25. The minimum atomic E-state index is 0.541. The molecule has 0 radical (unpaired) electrons. The first-order chi connectivity index (χ1) is 10.8. The summed E-state index contributed by atoms with van der Waals surface area (Å²) in [7, 11) is 1.91. The molecule has 6 heteroatoms. The number of anilines is 1. The highest BCUT2D eigenvalue weighted by atomic mass is 32.2. The predicted molar refractivity (Wildman–Crippen MR) is 89.9 cm³/mol. The van der Waals surface area contributed by atoms with Crippen LogP contribution in [0.25, 0.3) is 11.5 Å². The molecule has 1 saturated carbocycles. The molecule has 0 bridgehead atoms. The Kier molecular flexibility index (Phi) is 5.00. The Labute approximate surface area is 135 Å². The van der Waals surface area contributed by atoms with E-state index in [1.165, 1.54) is 32.1 Å². The Morgan fingerprint density at radius 2 is 2.00 bits per heavy atom. The van der Waals surface area contributed by atoms with Gasteiger partial charge in [-0.2, -0.15) is 0 Å². The van der Waals surface area contributed by atoms with E-state index in [1.54, 1.807) is 11.9 Å². The van der Waals surface area contributed by atoms with Crippen LogP contribution < -0.4 is 10.0 Å². The molecule has 22 heavy (non-hydrogen) atoms. The smallest absolute Gasteiger partial charge is 0.249 e. The quantitative estimate of drug-likeness (QED) is 0.812. The van der Waals surface area contributed by atoms with E-state index in [9.17, 15) is 0 Å². The molecule has 0 amide bonds. The van der Waals surface area contributed by atoms with Gasteiger partial charge in [-0.1, -0.05) is 19.3 Å². The van der Waals surface area contributed by atoms with Crippen molar-refractivity contribution in [3.63, 3.8) is 0 Å². The van der Waals surface area contributed by atoms with Crippen LogP contribution in [-0.4, -0.2) is 23.3 Å². The fourth-order valence-corrected chi connectivity index (χ4v) is 3.43. The van der Waals surface area contributed by atoms with Gasteiger partial charge >= 0.3 is 0 Å². The molecule has 1 heterocycles. The lowest BCUT2D eigenvalue weighted by atomic mass is 9.95. The molecule has 0 aliphatic heterocycles. The third kappa shape index (κ3) is 3.62. The topological polar surface area (TPSA) is 63.0 Å². The van der Waals surface area contributed by atoms with Crippen molar-refractivity contribution in [1.29, 1.82) is 0 Å². The van der Waals surface area contributed by atoms with Gasteiger partial charge in [0.05, 0.1) is 5.56 Å². The highest BCUT2D eigenvalue weighted by Gasteiger charge is 2.18. The van der Waals surface area contributed by atoms with Crippen LogP contribution in [0.4, 0.5) is 5.69 Å². The summed E-state index contributed by atoms with van der Waals surface area (Å²) in [6, 6.07) is 6.86. The number of hydrogen-bond acceptors (Lipinski definition) is 6. The Bertz CT molecular complexity index is 622. The molecule has 1 aromatic heterocycles. The molecular formula is C16H22N4OS. The Hall–Kier alpha value is -1.53. The third-order valence-electron chi connectivity index (χ3n) is 3.93. The standard InChI is InChI=1S/C16H22N4OS/c1-11-19-20-16(21-11)14-10-13(22-17-2)8-9-15(14)18-12-6-4-3-5-7-12/h8-10,12,17-18H,3-7H2,1-2H3. The van der Waals surface area contributed by atoms with Gasteiger partial charge in [-0.05, 0) is 50.0 Å². The maximum Gasteiger partial charge on any atom is 0.249 e. The second-order valence-electron chi connectivity index (χ2n) is 5.62. The lowest BCUT2D eigenvalue weighted by Crippen LogP contribution is -2.22. The molecule has 3 rings (SSSR count). The van der Waals surface area contributed by atoms with E-state index < -0.39 is 0 Å². The summed E-state index contributed by atoms with van der Waals surface area (Å²) in [6.45, 7) is 1.82. The second-order valence-corrected chi connectivity index (χ2v) is 6.70. The molecule has 2 N–H and O–H groups in total. The number of aryl methyl sites for hydroxylation is 1. The SMILES string of the molecule is CNSc1ccc(NC2CCCCC2)c(-c2nnc(C)o2)c1. The number of benzene rings is 1. The van der Waals surface area contributed by atoms with Crippen LogP contribution in [0.5, 0.6) is 0 Å². The van der Waals surface area contributed by atoms with Crippen LogP contribution in [0, 0.1) is 6.92 Å².